The fourth-order valence-electron chi connectivity index (χ4n) is 2.39. The monoisotopic (exact) mass is 393 g/mol. The molecule has 7 nitrogen and oxygen atoms in total. The normalized spacial score (nSPS) is 13.8. The van der Waals surface area contributed by atoms with Gasteiger partial charge in [0.2, 0.25) is 0 Å². The highest BCUT2D eigenvalue weighted by molar-refractivity contribution is 9.10. The Labute approximate surface area is 150 Å². The van der Waals surface area contributed by atoms with Gasteiger partial charge in [-0.3, -0.25) is 0 Å². The fourth-order valence-corrected chi connectivity index (χ4v) is 2.74. The van der Waals surface area contributed by atoms with Gasteiger partial charge in [-0.25, -0.2) is 15.8 Å². The van der Waals surface area contributed by atoms with Crippen LogP contribution in [0, 0.1) is 5.41 Å². The molecule has 0 fully saturated rings. The smallest absolute Gasteiger partial charge is 0.158 e. The highest BCUT2D eigenvalue weighted by Gasteiger charge is 2.21. The van der Waals surface area contributed by atoms with Crippen molar-refractivity contribution in [2.75, 3.05) is 5.32 Å². The quantitative estimate of drug-likeness (QED) is 0.268. The molecule has 0 saturated heterocycles. The minimum atomic E-state index is -0.166. The van der Waals surface area contributed by atoms with Crippen LogP contribution in [0.2, 0.25) is 0 Å². The second-order valence-electron chi connectivity index (χ2n) is 6.84. The number of hydrogen-bond donors (Lipinski definition) is 4. The van der Waals surface area contributed by atoms with Crippen molar-refractivity contribution < 1.29 is 0 Å². The number of aromatic nitrogens is 2. The van der Waals surface area contributed by atoms with Crippen LogP contribution in [0.25, 0.3) is 10.9 Å². The van der Waals surface area contributed by atoms with Crippen LogP contribution in [0.4, 0.5) is 5.82 Å². The number of hydrazine groups is 1. The van der Waals surface area contributed by atoms with Gasteiger partial charge in [-0.15, -0.1) is 0 Å². The van der Waals surface area contributed by atoms with E-state index in [9.17, 15) is 0 Å². The first-order valence-corrected chi connectivity index (χ1v) is 8.54. The molecule has 2 rings (SSSR count). The van der Waals surface area contributed by atoms with E-state index in [4.69, 9.17) is 11.7 Å². The van der Waals surface area contributed by atoms with Gasteiger partial charge in [-0.05, 0) is 36.5 Å². The van der Waals surface area contributed by atoms with Gasteiger partial charge in [-0.2, -0.15) is 5.10 Å². The van der Waals surface area contributed by atoms with Crippen LogP contribution < -0.4 is 22.4 Å². The van der Waals surface area contributed by atoms with Crippen LogP contribution in [-0.4, -0.2) is 21.8 Å². The number of amidine groups is 1. The van der Waals surface area contributed by atoms with Crippen molar-refractivity contribution in [1.29, 1.82) is 0 Å². The molecule has 24 heavy (non-hydrogen) atoms. The van der Waals surface area contributed by atoms with Gasteiger partial charge in [-0.1, -0.05) is 36.7 Å². The molecule has 1 unspecified atom stereocenters. The number of hydrazone groups is 1. The Morgan fingerprint density at radius 2 is 2.08 bits per heavy atom. The summed E-state index contributed by atoms with van der Waals surface area (Å²) in [4.78, 5) is 8.67. The summed E-state index contributed by atoms with van der Waals surface area (Å²) in [5.74, 6) is 12.3. The van der Waals surface area contributed by atoms with Gasteiger partial charge in [0.1, 0.15) is 12.1 Å². The molecule has 0 aliphatic rings. The molecule has 0 aliphatic carbocycles. The van der Waals surface area contributed by atoms with Crippen LogP contribution in [0.3, 0.4) is 0 Å². The summed E-state index contributed by atoms with van der Waals surface area (Å²) < 4.78 is 0.969. The molecular weight excluding hydrogens is 370 g/mol. The Kier molecular flexibility index (Phi) is 5.95. The average Bonchev–Trinajstić information content (AvgIpc) is 2.52. The maximum absolute atomic E-state index is 5.57. The summed E-state index contributed by atoms with van der Waals surface area (Å²) >= 11 is 3.46. The summed E-state index contributed by atoms with van der Waals surface area (Å²) in [6.45, 7) is 6.57. The lowest BCUT2D eigenvalue weighted by molar-refractivity contribution is 0.363. The second-order valence-corrected chi connectivity index (χ2v) is 7.75. The van der Waals surface area contributed by atoms with Gasteiger partial charge in [0.15, 0.2) is 5.84 Å². The number of hydrogen-bond acceptors (Lipinski definition) is 6. The first-order valence-electron chi connectivity index (χ1n) is 7.75. The molecule has 1 heterocycles. The minimum Gasteiger partial charge on any atom is -0.359 e. The molecule has 2 aromatic rings. The van der Waals surface area contributed by atoms with E-state index in [1.165, 1.54) is 6.33 Å². The van der Waals surface area contributed by atoms with Gasteiger partial charge >= 0.3 is 0 Å². The molecule has 1 atom stereocenters. The summed E-state index contributed by atoms with van der Waals surface area (Å²) in [5, 5.41) is 8.09. The van der Waals surface area contributed by atoms with E-state index in [1.54, 1.807) is 0 Å². The number of fused-ring (bicyclic) bond motifs is 1. The largest absolute Gasteiger partial charge is 0.359 e. The lowest BCUT2D eigenvalue weighted by atomic mass is 9.88. The number of nitrogens with zero attached hydrogens (tertiary/aromatic N) is 3. The SMILES string of the molecule is CC(C)(C)CCC(Nc1ncnc2cc(Br)ccc12)/C(=N/N)NN. The van der Waals surface area contributed by atoms with Crippen LogP contribution >= 0.6 is 15.9 Å². The van der Waals surface area contributed by atoms with E-state index < -0.39 is 0 Å². The molecule has 0 saturated carbocycles. The summed E-state index contributed by atoms with van der Waals surface area (Å²) in [6, 6.07) is 5.71. The van der Waals surface area contributed by atoms with Gasteiger partial charge in [0.25, 0.3) is 0 Å². The molecule has 0 aliphatic heterocycles. The molecule has 6 N–H and O–H groups in total. The van der Waals surface area contributed by atoms with Crippen LogP contribution in [0.15, 0.2) is 34.1 Å². The molecule has 0 amide bonds. The van der Waals surface area contributed by atoms with E-state index >= 15 is 0 Å². The Hall–Kier alpha value is -1.93. The Balaban J connectivity index is 2.32. The zero-order chi connectivity index (χ0) is 17.7. The topological polar surface area (TPSA) is 114 Å². The lowest BCUT2D eigenvalue weighted by Crippen LogP contribution is -2.44. The average molecular weight is 394 g/mol. The van der Waals surface area contributed by atoms with E-state index in [2.05, 4.69) is 62.5 Å². The molecule has 8 heteroatoms. The van der Waals surface area contributed by atoms with Gasteiger partial charge in [0.05, 0.1) is 11.6 Å². The third-order valence-corrected chi connectivity index (χ3v) is 4.20. The van der Waals surface area contributed by atoms with Crippen molar-refractivity contribution in [3.8, 4) is 0 Å². The number of nitrogens with two attached hydrogens (primary N) is 2. The van der Waals surface area contributed by atoms with Crippen molar-refractivity contribution in [3.63, 3.8) is 0 Å². The molecule has 0 spiro atoms. The van der Waals surface area contributed by atoms with E-state index in [0.29, 0.717) is 5.84 Å². The van der Waals surface area contributed by atoms with Crippen LogP contribution in [0.1, 0.15) is 33.6 Å². The zero-order valence-corrected chi connectivity index (χ0v) is 15.8. The van der Waals surface area contributed by atoms with Crippen LogP contribution in [-0.2, 0) is 0 Å². The summed E-state index contributed by atoms with van der Waals surface area (Å²) in [7, 11) is 0. The first kappa shape index (κ1) is 18.4. The van der Waals surface area contributed by atoms with E-state index in [0.717, 1.165) is 34.0 Å². The zero-order valence-electron chi connectivity index (χ0n) is 14.2. The molecule has 1 aromatic carbocycles. The summed E-state index contributed by atoms with van der Waals surface area (Å²) in [6.07, 6.45) is 3.32. The molecule has 0 bridgehead atoms. The number of benzene rings is 1. The molecule has 0 radical (unpaired) electrons. The highest BCUT2D eigenvalue weighted by atomic mass is 79.9. The summed E-state index contributed by atoms with van der Waals surface area (Å²) in [5.41, 5.74) is 3.61. The Bertz CT molecular complexity index is 724. The van der Waals surface area contributed by atoms with Crippen molar-refractivity contribution in [1.82, 2.24) is 15.4 Å². The predicted molar refractivity (Wildman–Crippen MR) is 102 cm³/mol. The fraction of sp³-hybridized carbons (Fsp3) is 0.438. The third kappa shape index (κ3) is 4.78. The van der Waals surface area contributed by atoms with Crippen molar-refractivity contribution in [3.05, 3.63) is 29.0 Å². The van der Waals surface area contributed by atoms with Crippen molar-refractivity contribution in [2.45, 2.75) is 39.7 Å². The van der Waals surface area contributed by atoms with Crippen LogP contribution in [0.5, 0.6) is 0 Å². The lowest BCUT2D eigenvalue weighted by Gasteiger charge is -2.25. The third-order valence-electron chi connectivity index (χ3n) is 3.71. The molecule has 130 valence electrons. The maximum atomic E-state index is 5.57. The maximum Gasteiger partial charge on any atom is 0.158 e. The number of halogens is 1. The molecule has 1 aromatic heterocycles. The van der Waals surface area contributed by atoms with Gasteiger partial charge < -0.3 is 16.6 Å². The van der Waals surface area contributed by atoms with Crippen molar-refractivity contribution >= 4 is 38.5 Å². The van der Waals surface area contributed by atoms with E-state index in [-0.39, 0.29) is 11.5 Å². The van der Waals surface area contributed by atoms with Crippen molar-refractivity contribution in [2.24, 2.45) is 22.2 Å². The number of nitrogens with one attached hydrogen (secondary N) is 2. The first-order chi connectivity index (χ1) is 11.3. The van der Waals surface area contributed by atoms with Gasteiger partial charge in [0, 0.05) is 9.86 Å². The molecular formula is C16H24BrN7. The standard InChI is InChI=1S/C16H24BrN7/c1-16(2,3)7-6-12(15(23-18)24-19)22-14-11-5-4-10(17)8-13(11)20-9-21-14/h4-5,8-9,12H,6-7,18-19H2,1-3H3,(H,23,24)(H,20,21,22). The Morgan fingerprint density at radius 3 is 2.71 bits per heavy atom. The minimum absolute atomic E-state index is 0.166. The van der Waals surface area contributed by atoms with E-state index in [1.807, 2.05) is 18.2 Å². The second kappa shape index (κ2) is 7.76. The Morgan fingerprint density at radius 1 is 1.33 bits per heavy atom. The number of anilines is 1. The number of rotatable bonds is 5. The highest BCUT2D eigenvalue weighted by Crippen LogP contribution is 2.26. The predicted octanol–water partition coefficient (Wildman–Crippen LogP) is 2.73.